The van der Waals surface area contributed by atoms with Crippen molar-refractivity contribution in [1.29, 1.82) is 0 Å². The largest absolute Gasteiger partial charge is 0.381 e. The maximum Gasteiger partial charge on any atom is 0.227 e. The number of rotatable bonds is 4. The highest BCUT2D eigenvalue weighted by Gasteiger charge is 2.45. The average molecular weight is 354 g/mol. The molecule has 1 saturated carbocycles. The molecule has 0 aromatic heterocycles. The van der Waals surface area contributed by atoms with Crippen molar-refractivity contribution < 1.29 is 9.53 Å². The van der Waals surface area contributed by atoms with Gasteiger partial charge in [-0.25, -0.2) is 0 Å². The number of hydrogen-bond donors (Lipinski definition) is 0. The van der Waals surface area contributed by atoms with Crippen molar-refractivity contribution in [3.63, 3.8) is 0 Å². The number of fused-ring (bicyclic) bond motifs is 2. The molecule has 5 rings (SSSR count). The Hall–Kier alpha value is -1.39. The van der Waals surface area contributed by atoms with Gasteiger partial charge in [0.05, 0.1) is 6.61 Å². The molecule has 0 N–H and O–H groups in total. The maximum atomic E-state index is 13.0. The second kappa shape index (κ2) is 6.65. The second-order valence-corrected chi connectivity index (χ2v) is 8.95. The molecular formula is C22H30N2O2. The van der Waals surface area contributed by atoms with E-state index >= 15 is 0 Å². The van der Waals surface area contributed by atoms with Crippen LogP contribution in [0.2, 0.25) is 0 Å². The van der Waals surface area contributed by atoms with Crippen molar-refractivity contribution in [2.24, 2.45) is 11.8 Å². The van der Waals surface area contributed by atoms with Gasteiger partial charge in [0.15, 0.2) is 0 Å². The van der Waals surface area contributed by atoms with E-state index in [1.165, 1.54) is 37.1 Å². The van der Waals surface area contributed by atoms with Gasteiger partial charge in [0.25, 0.3) is 0 Å². The second-order valence-electron chi connectivity index (χ2n) is 8.95. The fourth-order valence-electron chi connectivity index (χ4n) is 5.23. The molecule has 3 fully saturated rings. The van der Waals surface area contributed by atoms with Crippen LogP contribution in [0.25, 0.3) is 0 Å². The first-order chi connectivity index (χ1) is 12.7. The van der Waals surface area contributed by atoms with Crippen LogP contribution in [0.15, 0.2) is 24.3 Å². The first-order valence-electron chi connectivity index (χ1n) is 10.4. The highest BCUT2D eigenvalue weighted by Crippen LogP contribution is 2.48. The zero-order valence-electron chi connectivity index (χ0n) is 15.7. The SMILES string of the molecule is O=C1CC2(CCN(C[C@@H]3CCOC3)CC2)c2ccccc2N1CC1CC1. The van der Waals surface area contributed by atoms with Crippen LogP contribution in [-0.4, -0.2) is 50.2 Å². The summed E-state index contributed by atoms with van der Waals surface area (Å²) < 4.78 is 5.54. The summed E-state index contributed by atoms with van der Waals surface area (Å²) in [6, 6.07) is 8.73. The normalized spacial score (nSPS) is 28.5. The molecule has 1 amide bonds. The van der Waals surface area contributed by atoms with Crippen molar-refractivity contribution in [3.8, 4) is 0 Å². The summed E-state index contributed by atoms with van der Waals surface area (Å²) in [5.41, 5.74) is 2.70. The van der Waals surface area contributed by atoms with Crippen LogP contribution in [-0.2, 0) is 14.9 Å². The van der Waals surface area contributed by atoms with Gasteiger partial charge in [0, 0.05) is 37.2 Å². The molecular weight excluding hydrogens is 324 g/mol. The van der Waals surface area contributed by atoms with Gasteiger partial charge < -0.3 is 14.5 Å². The highest BCUT2D eigenvalue weighted by molar-refractivity contribution is 5.98. The maximum absolute atomic E-state index is 13.0. The molecule has 3 aliphatic heterocycles. The van der Waals surface area contributed by atoms with Gasteiger partial charge in [-0.15, -0.1) is 0 Å². The van der Waals surface area contributed by atoms with E-state index in [2.05, 4.69) is 34.1 Å². The molecule has 0 radical (unpaired) electrons. The molecule has 1 aromatic rings. The number of benzene rings is 1. The lowest BCUT2D eigenvalue weighted by molar-refractivity contribution is -0.121. The van der Waals surface area contributed by atoms with Gasteiger partial charge in [0.2, 0.25) is 5.91 Å². The van der Waals surface area contributed by atoms with Crippen LogP contribution in [0.3, 0.4) is 0 Å². The van der Waals surface area contributed by atoms with Gasteiger partial charge in [-0.05, 0) is 68.7 Å². The van der Waals surface area contributed by atoms with Crippen LogP contribution in [0.4, 0.5) is 5.69 Å². The first-order valence-corrected chi connectivity index (χ1v) is 10.4. The van der Waals surface area contributed by atoms with Crippen LogP contribution in [0, 0.1) is 11.8 Å². The Morgan fingerprint density at radius 2 is 1.85 bits per heavy atom. The Morgan fingerprint density at radius 3 is 2.58 bits per heavy atom. The fraction of sp³-hybridized carbons (Fsp3) is 0.682. The number of ether oxygens (including phenoxy) is 1. The number of para-hydroxylation sites is 1. The third kappa shape index (κ3) is 3.07. The average Bonchev–Trinajstić information content (AvgIpc) is 3.34. The van der Waals surface area contributed by atoms with Gasteiger partial charge in [0.1, 0.15) is 0 Å². The summed E-state index contributed by atoms with van der Waals surface area (Å²) in [5.74, 6) is 1.79. The summed E-state index contributed by atoms with van der Waals surface area (Å²) in [5, 5.41) is 0. The minimum absolute atomic E-state index is 0.0659. The molecule has 1 aromatic carbocycles. The third-order valence-corrected chi connectivity index (χ3v) is 7.05. The molecule has 0 unspecified atom stereocenters. The molecule has 4 aliphatic rings. The zero-order valence-corrected chi connectivity index (χ0v) is 15.7. The standard InChI is InChI=1S/C22H30N2O2/c25-21-13-22(8-10-23(11-9-22)14-18-7-12-26-16-18)19-3-1-2-4-20(19)24(21)15-17-5-6-17/h1-4,17-18H,5-16H2/t18-/m0/s1. The van der Waals surface area contributed by atoms with E-state index < -0.39 is 0 Å². The van der Waals surface area contributed by atoms with Crippen LogP contribution >= 0.6 is 0 Å². The van der Waals surface area contributed by atoms with Gasteiger partial charge >= 0.3 is 0 Å². The number of carbonyl (C=O) groups excluding carboxylic acids is 1. The predicted molar refractivity (Wildman–Crippen MR) is 102 cm³/mol. The number of carbonyl (C=O) groups is 1. The lowest BCUT2D eigenvalue weighted by atomic mass is 9.67. The molecule has 0 bridgehead atoms. The lowest BCUT2D eigenvalue weighted by Gasteiger charge is -2.47. The van der Waals surface area contributed by atoms with E-state index in [0.29, 0.717) is 18.2 Å². The Labute approximate surface area is 156 Å². The molecule has 4 nitrogen and oxygen atoms in total. The number of piperidine rings is 1. The molecule has 4 heteroatoms. The number of amides is 1. The summed E-state index contributed by atoms with van der Waals surface area (Å²) >= 11 is 0. The van der Waals surface area contributed by atoms with E-state index in [1.54, 1.807) is 0 Å². The van der Waals surface area contributed by atoms with E-state index in [0.717, 1.165) is 51.6 Å². The number of hydrogen-bond acceptors (Lipinski definition) is 3. The first kappa shape index (κ1) is 16.8. The zero-order chi connectivity index (χ0) is 17.6. The quantitative estimate of drug-likeness (QED) is 0.832. The summed E-state index contributed by atoms with van der Waals surface area (Å²) in [7, 11) is 0. The molecule has 1 spiro atoms. The Morgan fingerprint density at radius 1 is 1.04 bits per heavy atom. The van der Waals surface area contributed by atoms with Crippen molar-refractivity contribution >= 4 is 11.6 Å². The molecule has 140 valence electrons. The van der Waals surface area contributed by atoms with Gasteiger partial charge in [-0.1, -0.05) is 18.2 Å². The summed E-state index contributed by atoms with van der Waals surface area (Å²) in [6.45, 7) is 6.18. The minimum atomic E-state index is 0.0659. The molecule has 2 saturated heterocycles. The lowest BCUT2D eigenvalue weighted by Crippen LogP contribution is -2.51. The Balaban J connectivity index is 1.34. The van der Waals surface area contributed by atoms with Crippen LogP contribution in [0.1, 0.15) is 44.1 Å². The molecule has 26 heavy (non-hydrogen) atoms. The number of likely N-dealkylation sites (tertiary alicyclic amines) is 1. The van der Waals surface area contributed by atoms with Crippen molar-refractivity contribution in [2.75, 3.05) is 44.3 Å². The minimum Gasteiger partial charge on any atom is -0.381 e. The van der Waals surface area contributed by atoms with Crippen LogP contribution in [0.5, 0.6) is 0 Å². The smallest absolute Gasteiger partial charge is 0.227 e. The topological polar surface area (TPSA) is 32.8 Å². The van der Waals surface area contributed by atoms with E-state index in [-0.39, 0.29) is 5.41 Å². The summed E-state index contributed by atoms with van der Waals surface area (Å²) in [4.78, 5) is 17.8. The van der Waals surface area contributed by atoms with Crippen molar-refractivity contribution in [2.45, 2.75) is 43.9 Å². The predicted octanol–water partition coefficient (Wildman–Crippen LogP) is 3.20. The number of nitrogens with zero attached hydrogens (tertiary/aromatic N) is 2. The van der Waals surface area contributed by atoms with Crippen molar-refractivity contribution in [1.82, 2.24) is 4.90 Å². The number of anilines is 1. The monoisotopic (exact) mass is 354 g/mol. The van der Waals surface area contributed by atoms with E-state index in [9.17, 15) is 4.79 Å². The van der Waals surface area contributed by atoms with Gasteiger partial charge in [-0.3, -0.25) is 4.79 Å². The molecule has 1 atom stereocenters. The van der Waals surface area contributed by atoms with Crippen molar-refractivity contribution in [3.05, 3.63) is 29.8 Å². The fourth-order valence-corrected chi connectivity index (χ4v) is 5.23. The Kier molecular flexibility index (Phi) is 4.29. The van der Waals surface area contributed by atoms with E-state index in [4.69, 9.17) is 4.74 Å². The molecule has 3 heterocycles. The van der Waals surface area contributed by atoms with Crippen LogP contribution < -0.4 is 4.90 Å². The third-order valence-electron chi connectivity index (χ3n) is 7.05. The highest BCUT2D eigenvalue weighted by atomic mass is 16.5. The molecule has 1 aliphatic carbocycles. The Bertz CT molecular complexity index is 670. The summed E-state index contributed by atoms with van der Waals surface area (Å²) in [6.07, 6.45) is 6.71. The van der Waals surface area contributed by atoms with Gasteiger partial charge in [-0.2, -0.15) is 0 Å². The van der Waals surface area contributed by atoms with E-state index in [1.807, 2.05) is 0 Å².